The molecule has 10 nitrogen and oxygen atoms in total. The number of nitrogens with zero attached hydrogens (tertiary/aromatic N) is 8. The summed E-state index contributed by atoms with van der Waals surface area (Å²) in [5.41, 5.74) is 8.94. The molecule has 0 amide bonds. The van der Waals surface area contributed by atoms with Gasteiger partial charge in [-0.05, 0) is 152 Å². The number of rotatable bonds is 25. The Kier molecular flexibility index (Phi) is 21.4. The van der Waals surface area contributed by atoms with Crippen LogP contribution in [0.25, 0.3) is 0 Å². The van der Waals surface area contributed by atoms with Crippen LogP contribution in [0.2, 0.25) is 0 Å². The first-order valence-corrected chi connectivity index (χ1v) is 24.0. The molecule has 346 valence electrons. The SMILES string of the molecule is CCN(CC)c1ccc(N=Nc2ccc(CC(=O)C[N+](CC)(CC)CC)cc2)cc1.CCN(Cc1ccccc1)c1ccc(N=Nc2ccc(CC(=O)C[N+](CC)(CC)CC)cc2)cc1. The van der Waals surface area contributed by atoms with Crippen molar-refractivity contribution in [3.8, 4) is 0 Å². The summed E-state index contributed by atoms with van der Waals surface area (Å²) in [6.45, 7) is 30.4. The second-order valence-corrected chi connectivity index (χ2v) is 16.8. The largest absolute Gasteiger partial charge is 0.372 e. The lowest BCUT2D eigenvalue weighted by Crippen LogP contribution is -2.51. The highest BCUT2D eigenvalue weighted by Crippen LogP contribution is 2.25. The quantitative estimate of drug-likeness (QED) is 0.0431. The molecule has 0 aliphatic carbocycles. The lowest BCUT2D eigenvalue weighted by molar-refractivity contribution is -0.915. The van der Waals surface area contributed by atoms with Crippen LogP contribution >= 0.6 is 0 Å². The van der Waals surface area contributed by atoms with Gasteiger partial charge in [-0.1, -0.05) is 54.6 Å². The lowest BCUT2D eigenvalue weighted by atomic mass is 10.1. The van der Waals surface area contributed by atoms with Gasteiger partial charge in [0, 0.05) is 50.4 Å². The Morgan fingerprint density at radius 2 is 0.692 bits per heavy atom. The Morgan fingerprint density at radius 1 is 0.385 bits per heavy atom. The summed E-state index contributed by atoms with van der Waals surface area (Å²) >= 11 is 0. The predicted molar refractivity (Wildman–Crippen MR) is 272 cm³/mol. The number of ketones is 2. The van der Waals surface area contributed by atoms with E-state index in [1.165, 1.54) is 16.9 Å². The minimum absolute atomic E-state index is 0.290. The van der Waals surface area contributed by atoms with Crippen LogP contribution in [0.15, 0.2) is 148 Å². The van der Waals surface area contributed by atoms with Gasteiger partial charge in [-0.15, -0.1) is 0 Å². The number of hydrogen-bond acceptors (Lipinski definition) is 8. The molecular weight excluding hydrogens is 805 g/mol. The standard InChI is InChI=1S/C30H39N4O.C25H37N4O/c1-5-33(23-26-12-10-9-11-13-26)29-20-18-28(19-21-29)32-31-27-16-14-25(15-17-27)22-30(35)24-34(6-2,7-3)8-4;1-6-28(7-2)24-17-15-23(16-18-24)27-26-22-13-11-21(12-14-22)19-25(30)20-29(8-3,9-4)10-5/h9-21H,5-8,22-24H2,1-4H3;11-18H,6-10,19-20H2,1-5H3/q2*+1. The fourth-order valence-corrected chi connectivity index (χ4v) is 8.16. The van der Waals surface area contributed by atoms with E-state index in [9.17, 15) is 9.59 Å². The molecule has 65 heavy (non-hydrogen) atoms. The third-order valence-electron chi connectivity index (χ3n) is 13.1. The van der Waals surface area contributed by atoms with E-state index in [0.29, 0.717) is 37.5 Å². The summed E-state index contributed by atoms with van der Waals surface area (Å²) in [7, 11) is 0. The summed E-state index contributed by atoms with van der Waals surface area (Å²) in [5, 5.41) is 17.4. The molecule has 0 N–H and O–H groups in total. The van der Waals surface area contributed by atoms with Gasteiger partial charge in [-0.2, -0.15) is 20.5 Å². The predicted octanol–water partition coefficient (Wildman–Crippen LogP) is 13.1. The fraction of sp³-hybridized carbons (Fsp3) is 0.418. The molecule has 0 heterocycles. The zero-order valence-corrected chi connectivity index (χ0v) is 40.9. The lowest BCUT2D eigenvalue weighted by Gasteiger charge is -2.35. The molecule has 0 atom stereocenters. The van der Waals surface area contributed by atoms with E-state index in [4.69, 9.17) is 0 Å². The van der Waals surface area contributed by atoms with Crippen molar-refractivity contribution in [2.24, 2.45) is 20.5 Å². The third kappa shape index (κ3) is 16.3. The maximum Gasteiger partial charge on any atom is 0.191 e. The van der Waals surface area contributed by atoms with Gasteiger partial charge in [0.15, 0.2) is 11.6 Å². The molecule has 0 unspecified atom stereocenters. The van der Waals surface area contributed by atoms with Gasteiger partial charge in [0.2, 0.25) is 0 Å². The zero-order valence-electron chi connectivity index (χ0n) is 40.9. The molecule has 5 aromatic rings. The van der Waals surface area contributed by atoms with Gasteiger partial charge in [0.25, 0.3) is 0 Å². The first-order chi connectivity index (χ1) is 31.5. The minimum atomic E-state index is 0.290. The molecule has 0 saturated carbocycles. The maximum absolute atomic E-state index is 12.6. The van der Waals surface area contributed by atoms with Crippen LogP contribution in [0.3, 0.4) is 0 Å². The number of quaternary nitrogens is 2. The molecule has 10 heteroatoms. The molecule has 0 aliphatic rings. The molecule has 0 aliphatic heterocycles. The number of azo groups is 2. The Hall–Kier alpha value is -5.84. The van der Waals surface area contributed by atoms with E-state index in [0.717, 1.165) is 108 Å². The van der Waals surface area contributed by atoms with Crippen LogP contribution in [-0.2, 0) is 29.0 Å². The highest BCUT2D eigenvalue weighted by atomic mass is 16.1. The molecule has 0 saturated heterocycles. The number of hydrogen-bond donors (Lipinski definition) is 0. The molecule has 0 spiro atoms. The second-order valence-electron chi connectivity index (χ2n) is 16.8. The average Bonchev–Trinajstić information content (AvgIpc) is 3.35. The average molecular weight is 881 g/mol. The van der Waals surface area contributed by atoms with E-state index in [2.05, 4.69) is 141 Å². The van der Waals surface area contributed by atoms with Crippen LogP contribution in [0.1, 0.15) is 79.0 Å². The van der Waals surface area contributed by atoms with Gasteiger partial charge < -0.3 is 18.8 Å². The number of Topliss-reactive ketones (excluding diaryl/α,β-unsaturated/α-hetero) is 2. The van der Waals surface area contributed by atoms with Crippen LogP contribution in [-0.4, -0.2) is 92.5 Å². The summed E-state index contributed by atoms with van der Waals surface area (Å²) in [5.74, 6) is 0.585. The van der Waals surface area contributed by atoms with Crippen molar-refractivity contribution in [2.45, 2.75) is 81.7 Å². The van der Waals surface area contributed by atoms with E-state index < -0.39 is 0 Å². The minimum Gasteiger partial charge on any atom is -0.372 e. The van der Waals surface area contributed by atoms with Crippen molar-refractivity contribution in [2.75, 3.05) is 81.8 Å². The van der Waals surface area contributed by atoms with E-state index >= 15 is 0 Å². The Bertz CT molecular complexity index is 2180. The molecule has 0 fully saturated rings. The molecule has 0 radical (unpaired) electrons. The zero-order chi connectivity index (χ0) is 47.1. The fourth-order valence-electron chi connectivity index (χ4n) is 8.16. The highest BCUT2D eigenvalue weighted by Gasteiger charge is 2.25. The van der Waals surface area contributed by atoms with E-state index in [1.54, 1.807) is 0 Å². The van der Waals surface area contributed by atoms with Gasteiger partial charge in [-0.25, -0.2) is 0 Å². The Balaban J connectivity index is 0.000000288. The van der Waals surface area contributed by atoms with Crippen LogP contribution in [0.5, 0.6) is 0 Å². The van der Waals surface area contributed by atoms with Crippen molar-refractivity contribution in [1.82, 2.24) is 0 Å². The van der Waals surface area contributed by atoms with Crippen molar-refractivity contribution in [3.05, 3.63) is 144 Å². The molecule has 0 aromatic heterocycles. The molecule has 0 bridgehead atoms. The van der Waals surface area contributed by atoms with Crippen LogP contribution in [0.4, 0.5) is 34.1 Å². The van der Waals surface area contributed by atoms with Crippen molar-refractivity contribution in [1.29, 1.82) is 0 Å². The highest BCUT2D eigenvalue weighted by molar-refractivity contribution is 5.82. The van der Waals surface area contributed by atoms with Gasteiger partial charge in [-0.3, -0.25) is 9.59 Å². The van der Waals surface area contributed by atoms with Gasteiger partial charge in [0.1, 0.15) is 13.1 Å². The first kappa shape index (κ1) is 51.8. The Labute approximate surface area is 390 Å². The topological polar surface area (TPSA) is 90.1 Å². The van der Waals surface area contributed by atoms with Crippen molar-refractivity contribution < 1.29 is 18.6 Å². The number of likely N-dealkylation sites (N-methyl/N-ethyl adjacent to an activating group) is 2. The normalized spacial score (nSPS) is 11.7. The van der Waals surface area contributed by atoms with E-state index in [-0.39, 0.29) is 0 Å². The second kappa shape index (κ2) is 26.8. The van der Waals surface area contributed by atoms with Gasteiger partial charge >= 0.3 is 0 Å². The summed E-state index contributed by atoms with van der Waals surface area (Å²) < 4.78 is 1.71. The van der Waals surface area contributed by atoms with Crippen LogP contribution in [0, 0.1) is 0 Å². The van der Waals surface area contributed by atoms with Gasteiger partial charge in [0.05, 0.1) is 62.0 Å². The monoisotopic (exact) mass is 881 g/mol. The van der Waals surface area contributed by atoms with Crippen LogP contribution < -0.4 is 9.80 Å². The molecular formula is C55H76N8O2+2. The summed E-state index contributed by atoms with van der Waals surface area (Å²) in [6, 6.07) is 42.5. The number of benzene rings is 5. The van der Waals surface area contributed by atoms with Crippen molar-refractivity contribution >= 4 is 45.7 Å². The van der Waals surface area contributed by atoms with E-state index in [1.807, 2.05) is 78.9 Å². The smallest absolute Gasteiger partial charge is 0.191 e. The number of carbonyl (C=O) groups is 2. The maximum atomic E-state index is 12.6. The van der Waals surface area contributed by atoms with Crippen molar-refractivity contribution in [3.63, 3.8) is 0 Å². The molecule has 5 rings (SSSR count). The first-order valence-electron chi connectivity index (χ1n) is 24.0. The summed E-state index contributed by atoms with van der Waals surface area (Å²) in [6.07, 6.45) is 0.944. The Morgan fingerprint density at radius 3 is 1.00 bits per heavy atom. The number of anilines is 2. The molecule has 5 aromatic carbocycles. The number of carbonyl (C=O) groups excluding carboxylic acids is 2. The third-order valence-corrected chi connectivity index (χ3v) is 13.1. The summed E-state index contributed by atoms with van der Waals surface area (Å²) in [4.78, 5) is 29.8.